The maximum absolute atomic E-state index is 13.8. The summed E-state index contributed by atoms with van der Waals surface area (Å²) in [5, 5.41) is 15.2. The first-order chi connectivity index (χ1) is 21.4. The van der Waals surface area contributed by atoms with E-state index in [0.29, 0.717) is 19.4 Å². The van der Waals surface area contributed by atoms with Crippen molar-refractivity contribution in [2.45, 2.75) is 77.0 Å². The first kappa shape index (κ1) is 36.1. The normalized spacial score (nSPS) is 16.1. The van der Waals surface area contributed by atoms with Crippen molar-refractivity contribution in [1.82, 2.24) is 15.5 Å². The standard InChI is InChI=1S/C35H43N5O5.ClH/c1-21-16-22(2)27(23(3)17-21)20-30(33(43)38-29(32(37)42)19-24-8-5-4-6-9-24)39-34(44)31-10-7-15-40(31)35(45)28(36)18-25-11-13-26(41)14-12-25;/h4-6,8-9,11-14,16-17,28-31,41H,7,10,15,18-20,36H2,1-3H3,(H2,37,42)(H,38,43)(H,39,44);1H/t28-,29-,30-,31-;/m0./s1. The van der Waals surface area contributed by atoms with Crippen LogP contribution < -0.4 is 22.1 Å². The quantitative estimate of drug-likeness (QED) is 0.202. The molecule has 4 atom stereocenters. The molecule has 0 radical (unpaired) electrons. The van der Waals surface area contributed by atoms with Crippen LogP contribution in [-0.4, -0.2) is 64.3 Å². The van der Waals surface area contributed by atoms with Gasteiger partial charge in [-0.2, -0.15) is 0 Å². The Hall–Kier alpha value is -4.41. The van der Waals surface area contributed by atoms with Gasteiger partial charge in [-0.15, -0.1) is 12.4 Å². The summed E-state index contributed by atoms with van der Waals surface area (Å²) >= 11 is 0. The van der Waals surface area contributed by atoms with Crippen LogP contribution in [-0.2, 0) is 38.4 Å². The molecule has 4 amide bonds. The Labute approximate surface area is 276 Å². The van der Waals surface area contributed by atoms with Crippen molar-refractivity contribution in [3.8, 4) is 5.75 Å². The number of amides is 4. The second-order valence-corrected chi connectivity index (χ2v) is 12.0. The maximum Gasteiger partial charge on any atom is 0.243 e. The second kappa shape index (κ2) is 16.2. The van der Waals surface area contributed by atoms with Gasteiger partial charge in [0.2, 0.25) is 23.6 Å². The van der Waals surface area contributed by atoms with Crippen molar-refractivity contribution >= 4 is 36.0 Å². The number of primary amides is 1. The number of carbonyl (C=O) groups is 4. The lowest BCUT2D eigenvalue weighted by Gasteiger charge is -2.29. The van der Waals surface area contributed by atoms with Crippen molar-refractivity contribution in [2.75, 3.05) is 6.54 Å². The highest BCUT2D eigenvalue weighted by Gasteiger charge is 2.38. The van der Waals surface area contributed by atoms with E-state index >= 15 is 0 Å². The van der Waals surface area contributed by atoms with Gasteiger partial charge in [0.25, 0.3) is 0 Å². The molecule has 3 aromatic carbocycles. The number of phenolic OH excluding ortho intramolecular Hbond substituents is 1. The van der Waals surface area contributed by atoms with Crippen molar-refractivity contribution < 1.29 is 24.3 Å². The minimum Gasteiger partial charge on any atom is -0.508 e. The fourth-order valence-corrected chi connectivity index (χ4v) is 6.05. The maximum atomic E-state index is 13.8. The summed E-state index contributed by atoms with van der Waals surface area (Å²) in [6.45, 7) is 6.28. The first-order valence-electron chi connectivity index (χ1n) is 15.3. The molecule has 0 saturated carbocycles. The van der Waals surface area contributed by atoms with Crippen molar-refractivity contribution in [3.63, 3.8) is 0 Å². The van der Waals surface area contributed by atoms with E-state index < -0.39 is 41.9 Å². The van der Waals surface area contributed by atoms with Crippen molar-refractivity contribution in [1.29, 1.82) is 0 Å². The molecular formula is C35H44ClN5O5. The van der Waals surface area contributed by atoms with Crippen LogP contribution in [0.5, 0.6) is 5.75 Å². The molecule has 4 rings (SSSR count). The number of likely N-dealkylation sites (tertiary alicyclic amines) is 1. The lowest BCUT2D eigenvalue weighted by molar-refractivity contribution is -0.140. The summed E-state index contributed by atoms with van der Waals surface area (Å²) in [5.41, 5.74) is 17.5. The third-order valence-electron chi connectivity index (χ3n) is 8.37. The molecule has 0 unspecified atom stereocenters. The van der Waals surface area contributed by atoms with Gasteiger partial charge in [-0.25, -0.2) is 0 Å². The highest BCUT2D eigenvalue weighted by molar-refractivity contribution is 5.95. The zero-order valence-electron chi connectivity index (χ0n) is 26.5. The first-order valence-corrected chi connectivity index (χ1v) is 15.3. The number of phenols is 1. The Morgan fingerprint density at radius 2 is 1.48 bits per heavy atom. The number of carbonyl (C=O) groups excluding carboxylic acids is 4. The number of nitrogens with one attached hydrogen (secondary N) is 2. The highest BCUT2D eigenvalue weighted by Crippen LogP contribution is 2.22. The summed E-state index contributed by atoms with van der Waals surface area (Å²) in [4.78, 5) is 54.8. The van der Waals surface area contributed by atoms with Gasteiger partial charge in [0, 0.05) is 19.4 Å². The van der Waals surface area contributed by atoms with E-state index in [4.69, 9.17) is 11.5 Å². The smallest absolute Gasteiger partial charge is 0.243 e. The van der Waals surface area contributed by atoms with Gasteiger partial charge in [-0.05, 0) is 80.0 Å². The predicted molar refractivity (Wildman–Crippen MR) is 179 cm³/mol. The monoisotopic (exact) mass is 649 g/mol. The number of rotatable bonds is 12. The third-order valence-corrected chi connectivity index (χ3v) is 8.37. The number of benzene rings is 3. The predicted octanol–water partition coefficient (Wildman–Crippen LogP) is 2.54. The van der Waals surface area contributed by atoms with Gasteiger partial charge >= 0.3 is 0 Å². The number of hydrogen-bond acceptors (Lipinski definition) is 6. The Morgan fingerprint density at radius 3 is 2.09 bits per heavy atom. The van der Waals surface area contributed by atoms with Crippen LogP contribution >= 0.6 is 12.4 Å². The van der Waals surface area contributed by atoms with Crippen molar-refractivity contribution in [3.05, 3.63) is 100 Å². The Morgan fingerprint density at radius 1 is 0.870 bits per heavy atom. The van der Waals surface area contributed by atoms with Crippen LogP contribution in [0.3, 0.4) is 0 Å². The van der Waals surface area contributed by atoms with Crippen LogP contribution in [0.4, 0.5) is 0 Å². The van der Waals surface area contributed by atoms with Crippen LogP contribution in [0.1, 0.15) is 46.2 Å². The molecule has 11 heteroatoms. The molecule has 246 valence electrons. The van der Waals surface area contributed by atoms with E-state index in [-0.39, 0.29) is 43.3 Å². The van der Waals surface area contributed by atoms with Gasteiger partial charge in [0.1, 0.15) is 23.9 Å². The van der Waals surface area contributed by atoms with Gasteiger partial charge in [0.15, 0.2) is 0 Å². The summed E-state index contributed by atoms with van der Waals surface area (Å²) in [5.74, 6) is -1.92. The average molecular weight is 650 g/mol. The van der Waals surface area contributed by atoms with Gasteiger partial charge in [0.05, 0.1) is 6.04 Å². The Kier molecular flexibility index (Phi) is 12.7. The van der Waals surface area contributed by atoms with Crippen LogP contribution in [0.25, 0.3) is 0 Å². The second-order valence-electron chi connectivity index (χ2n) is 12.0. The number of aryl methyl sites for hydroxylation is 3. The molecule has 1 aliphatic heterocycles. The number of nitrogens with two attached hydrogens (primary N) is 2. The molecule has 0 spiro atoms. The highest BCUT2D eigenvalue weighted by atomic mass is 35.5. The van der Waals surface area contributed by atoms with Crippen LogP contribution in [0, 0.1) is 20.8 Å². The molecule has 0 aromatic heterocycles. The summed E-state index contributed by atoms with van der Waals surface area (Å²) < 4.78 is 0. The zero-order valence-corrected chi connectivity index (χ0v) is 27.3. The fourth-order valence-electron chi connectivity index (χ4n) is 6.05. The van der Waals surface area contributed by atoms with Gasteiger partial charge in [-0.3, -0.25) is 19.2 Å². The Bertz CT molecular complexity index is 1510. The lowest BCUT2D eigenvalue weighted by Crippen LogP contribution is -2.58. The summed E-state index contributed by atoms with van der Waals surface area (Å²) in [6, 6.07) is 16.0. The summed E-state index contributed by atoms with van der Waals surface area (Å²) in [7, 11) is 0. The number of halogens is 1. The van der Waals surface area contributed by atoms with E-state index in [0.717, 1.165) is 33.4 Å². The topological polar surface area (TPSA) is 168 Å². The number of nitrogens with zero attached hydrogens (tertiary/aromatic N) is 1. The minimum atomic E-state index is -1.03. The summed E-state index contributed by atoms with van der Waals surface area (Å²) in [6.07, 6.45) is 1.68. The van der Waals surface area contributed by atoms with Gasteiger partial charge in [-0.1, -0.05) is 60.2 Å². The van der Waals surface area contributed by atoms with E-state index in [1.807, 2.05) is 63.2 Å². The fraction of sp³-hybridized carbons (Fsp3) is 0.371. The van der Waals surface area contributed by atoms with Crippen molar-refractivity contribution in [2.24, 2.45) is 11.5 Å². The number of aromatic hydroxyl groups is 1. The molecule has 7 N–H and O–H groups in total. The third kappa shape index (κ3) is 9.31. The molecule has 0 bridgehead atoms. The van der Waals surface area contributed by atoms with E-state index in [1.165, 1.54) is 17.0 Å². The molecule has 46 heavy (non-hydrogen) atoms. The molecule has 3 aromatic rings. The largest absolute Gasteiger partial charge is 0.508 e. The Balaban J connectivity index is 0.00000576. The minimum absolute atomic E-state index is 0. The lowest BCUT2D eigenvalue weighted by atomic mass is 9.93. The number of hydrogen-bond donors (Lipinski definition) is 5. The van der Waals surface area contributed by atoms with Crippen LogP contribution in [0.2, 0.25) is 0 Å². The molecule has 1 saturated heterocycles. The molecule has 0 aliphatic carbocycles. The molecule has 1 heterocycles. The van der Waals surface area contributed by atoms with E-state index in [2.05, 4.69) is 10.6 Å². The van der Waals surface area contributed by atoms with E-state index in [1.54, 1.807) is 12.1 Å². The average Bonchev–Trinajstić information content (AvgIpc) is 3.49. The molecular weight excluding hydrogens is 606 g/mol. The van der Waals surface area contributed by atoms with E-state index in [9.17, 15) is 24.3 Å². The molecule has 1 aliphatic rings. The zero-order chi connectivity index (χ0) is 32.7. The van der Waals surface area contributed by atoms with Gasteiger partial charge < -0.3 is 32.1 Å². The molecule has 1 fully saturated rings. The van der Waals surface area contributed by atoms with Crippen LogP contribution in [0.15, 0.2) is 66.7 Å². The molecule has 10 nitrogen and oxygen atoms in total. The SMILES string of the molecule is Cc1cc(C)c(C[C@H](NC(=O)[C@@H]2CCCN2C(=O)[C@@H](N)Cc2ccc(O)cc2)C(=O)N[C@@H](Cc2ccccc2)C(N)=O)c(C)c1.Cl.